The number of nitrogens with zero attached hydrogens (tertiary/aromatic N) is 4. The highest BCUT2D eigenvalue weighted by Gasteiger charge is 2.17. The van der Waals surface area contributed by atoms with E-state index in [1.54, 1.807) is 0 Å². The second-order valence-electron chi connectivity index (χ2n) is 6.96. The van der Waals surface area contributed by atoms with E-state index in [0.29, 0.717) is 11.5 Å². The quantitative estimate of drug-likeness (QED) is 0.368. The van der Waals surface area contributed by atoms with Crippen molar-refractivity contribution in [1.82, 2.24) is 25.2 Å². The van der Waals surface area contributed by atoms with Crippen LogP contribution in [0.5, 0.6) is 0 Å². The van der Waals surface area contributed by atoms with Crippen LogP contribution in [0.1, 0.15) is 44.4 Å². The molecule has 0 radical (unpaired) electrons. The number of hydrogen-bond acceptors (Lipinski definition) is 5. The third kappa shape index (κ3) is 4.89. The van der Waals surface area contributed by atoms with Crippen molar-refractivity contribution in [3.05, 3.63) is 39.8 Å². The average molecular weight is 436 g/mol. The van der Waals surface area contributed by atoms with Crippen LogP contribution in [0.2, 0.25) is 10.3 Å². The maximum absolute atomic E-state index is 12.2. The summed E-state index contributed by atoms with van der Waals surface area (Å²) in [5.74, 6) is 0.799. The number of halogens is 2. The normalized spacial score (nSPS) is 11.1. The summed E-state index contributed by atoms with van der Waals surface area (Å²) >= 11 is 11.7. The van der Waals surface area contributed by atoms with Crippen LogP contribution in [0.3, 0.4) is 0 Å². The number of rotatable bonds is 6. The molecule has 0 aromatic carbocycles. The van der Waals surface area contributed by atoms with Crippen LogP contribution < -0.4 is 16.2 Å². The summed E-state index contributed by atoms with van der Waals surface area (Å²) in [4.78, 5) is 20.7. The molecule has 0 aliphatic heterocycles. The molecule has 3 N–H and O–H groups in total. The first-order valence-electron chi connectivity index (χ1n) is 9.32. The minimum absolute atomic E-state index is 0.189. The Morgan fingerprint density at radius 1 is 1.17 bits per heavy atom. The Balaban J connectivity index is 1.82. The van der Waals surface area contributed by atoms with Crippen LogP contribution in [-0.4, -0.2) is 25.8 Å². The molecule has 0 fully saturated rings. The lowest BCUT2D eigenvalue weighted by atomic mass is 10.00. The van der Waals surface area contributed by atoms with Gasteiger partial charge in [-0.15, -0.1) is 0 Å². The average Bonchev–Trinajstić information content (AvgIpc) is 2.94. The molecule has 0 saturated heterocycles. The highest BCUT2D eigenvalue weighted by molar-refractivity contribution is 6.33. The standard InChI is InChI=1S/C19H23Cl2N7O/c1-5-6-28-18-17(11(4)27-28)13(10(2)3)9-16(24-18)25-26-19(29)22-12-7-14(20)23-15(21)8-12/h7-10H,5-6H2,1-4H3,(H,24,25)(H2,22,23,26,29). The van der Waals surface area contributed by atoms with Crippen LogP contribution in [0.25, 0.3) is 11.0 Å². The second-order valence-corrected chi connectivity index (χ2v) is 7.74. The van der Waals surface area contributed by atoms with E-state index in [1.807, 2.05) is 17.7 Å². The number of carbonyl (C=O) groups excluding carboxylic acids is 1. The summed E-state index contributed by atoms with van der Waals surface area (Å²) in [5.41, 5.74) is 8.74. The first kappa shape index (κ1) is 21.1. The van der Waals surface area contributed by atoms with Crippen molar-refractivity contribution in [2.75, 3.05) is 10.7 Å². The highest BCUT2D eigenvalue weighted by Crippen LogP contribution is 2.29. The zero-order chi connectivity index (χ0) is 21.1. The van der Waals surface area contributed by atoms with Crippen LogP contribution in [0.4, 0.5) is 16.3 Å². The number of hydrogen-bond donors (Lipinski definition) is 3. The highest BCUT2D eigenvalue weighted by atomic mass is 35.5. The number of fused-ring (bicyclic) bond motifs is 1. The molecular weight excluding hydrogens is 413 g/mol. The number of aryl methyl sites for hydroxylation is 2. The monoisotopic (exact) mass is 435 g/mol. The van der Waals surface area contributed by atoms with E-state index in [0.717, 1.165) is 35.3 Å². The van der Waals surface area contributed by atoms with Crippen LogP contribution in [0, 0.1) is 6.92 Å². The van der Waals surface area contributed by atoms with Gasteiger partial charge in [0.2, 0.25) is 0 Å². The molecule has 0 saturated carbocycles. The van der Waals surface area contributed by atoms with Crippen molar-refractivity contribution in [1.29, 1.82) is 0 Å². The molecule has 3 rings (SSSR count). The number of urea groups is 1. The van der Waals surface area contributed by atoms with Gasteiger partial charge in [-0.1, -0.05) is 44.0 Å². The van der Waals surface area contributed by atoms with Crippen molar-refractivity contribution in [2.24, 2.45) is 0 Å². The summed E-state index contributed by atoms with van der Waals surface area (Å²) in [5, 5.41) is 8.70. The zero-order valence-corrected chi connectivity index (χ0v) is 18.2. The van der Waals surface area contributed by atoms with E-state index in [9.17, 15) is 4.79 Å². The number of carbonyl (C=O) groups is 1. The summed E-state index contributed by atoms with van der Waals surface area (Å²) in [6, 6.07) is 4.44. The van der Waals surface area contributed by atoms with E-state index >= 15 is 0 Å². The number of aromatic nitrogens is 4. The largest absolute Gasteiger partial charge is 0.337 e. The molecule has 0 bridgehead atoms. The van der Waals surface area contributed by atoms with Gasteiger partial charge in [0.15, 0.2) is 5.65 Å². The number of hydrazine groups is 1. The predicted octanol–water partition coefficient (Wildman–Crippen LogP) is 5.12. The van der Waals surface area contributed by atoms with Crippen LogP contribution in [0.15, 0.2) is 18.2 Å². The third-order valence-electron chi connectivity index (χ3n) is 4.29. The Morgan fingerprint density at radius 3 is 2.48 bits per heavy atom. The van der Waals surface area contributed by atoms with Gasteiger partial charge in [0.25, 0.3) is 0 Å². The Kier molecular flexibility index (Phi) is 6.44. The first-order chi connectivity index (χ1) is 13.8. The van der Waals surface area contributed by atoms with Gasteiger partial charge in [-0.2, -0.15) is 5.10 Å². The summed E-state index contributed by atoms with van der Waals surface area (Å²) in [6.07, 6.45) is 0.949. The van der Waals surface area contributed by atoms with Gasteiger partial charge >= 0.3 is 6.03 Å². The summed E-state index contributed by atoms with van der Waals surface area (Å²) in [7, 11) is 0. The number of amides is 2. The smallest absolute Gasteiger partial charge is 0.306 e. The van der Waals surface area contributed by atoms with Gasteiger partial charge in [-0.05, 0) is 43.0 Å². The van der Waals surface area contributed by atoms with E-state index in [-0.39, 0.29) is 16.2 Å². The molecule has 2 amide bonds. The van der Waals surface area contributed by atoms with Crippen molar-refractivity contribution >= 4 is 51.8 Å². The zero-order valence-electron chi connectivity index (χ0n) is 16.7. The Bertz CT molecular complexity index is 1030. The lowest BCUT2D eigenvalue weighted by molar-refractivity contribution is 0.254. The van der Waals surface area contributed by atoms with Gasteiger partial charge in [-0.3, -0.25) is 10.9 Å². The molecule has 3 heterocycles. The molecule has 0 spiro atoms. The molecule has 3 aromatic heterocycles. The lowest BCUT2D eigenvalue weighted by Crippen LogP contribution is -2.34. The van der Waals surface area contributed by atoms with Gasteiger partial charge in [-0.25, -0.2) is 19.4 Å². The Labute approximate surface area is 179 Å². The van der Waals surface area contributed by atoms with Crippen molar-refractivity contribution in [2.45, 2.75) is 46.6 Å². The molecule has 0 atom stereocenters. The third-order valence-corrected chi connectivity index (χ3v) is 4.68. The van der Waals surface area contributed by atoms with E-state index in [2.05, 4.69) is 52.0 Å². The number of pyridine rings is 2. The molecule has 10 heteroatoms. The number of anilines is 2. The molecule has 0 unspecified atom stereocenters. The molecule has 0 aliphatic carbocycles. The van der Waals surface area contributed by atoms with Crippen molar-refractivity contribution < 1.29 is 4.79 Å². The fourth-order valence-electron chi connectivity index (χ4n) is 3.09. The molecule has 3 aromatic rings. The summed E-state index contributed by atoms with van der Waals surface area (Å²) in [6.45, 7) is 9.10. The summed E-state index contributed by atoms with van der Waals surface area (Å²) < 4.78 is 1.91. The topological polar surface area (TPSA) is 96.8 Å². The van der Waals surface area contributed by atoms with Gasteiger partial charge in [0.1, 0.15) is 16.1 Å². The molecule has 154 valence electrons. The van der Waals surface area contributed by atoms with Gasteiger partial charge in [0, 0.05) is 17.6 Å². The Morgan fingerprint density at radius 2 is 1.86 bits per heavy atom. The minimum atomic E-state index is -0.491. The molecule has 8 nitrogen and oxygen atoms in total. The van der Waals surface area contributed by atoms with E-state index < -0.39 is 6.03 Å². The predicted molar refractivity (Wildman–Crippen MR) is 117 cm³/mol. The fourth-order valence-corrected chi connectivity index (χ4v) is 3.55. The molecular formula is C19H23Cl2N7O. The van der Waals surface area contributed by atoms with Crippen molar-refractivity contribution in [3.8, 4) is 0 Å². The van der Waals surface area contributed by atoms with Crippen LogP contribution >= 0.6 is 23.2 Å². The Hall–Kier alpha value is -2.58. The fraction of sp³-hybridized carbons (Fsp3) is 0.368. The van der Waals surface area contributed by atoms with Gasteiger partial charge in [0.05, 0.1) is 5.69 Å². The van der Waals surface area contributed by atoms with E-state index in [4.69, 9.17) is 23.2 Å². The van der Waals surface area contributed by atoms with E-state index in [1.165, 1.54) is 12.1 Å². The SMILES string of the molecule is CCCn1nc(C)c2c(C(C)C)cc(NNC(=O)Nc3cc(Cl)nc(Cl)c3)nc21. The lowest BCUT2D eigenvalue weighted by Gasteiger charge is -2.14. The number of nitrogens with one attached hydrogen (secondary N) is 3. The minimum Gasteiger partial charge on any atom is -0.306 e. The van der Waals surface area contributed by atoms with Gasteiger partial charge < -0.3 is 5.32 Å². The second kappa shape index (κ2) is 8.84. The maximum Gasteiger partial charge on any atom is 0.337 e. The van der Waals surface area contributed by atoms with Crippen molar-refractivity contribution in [3.63, 3.8) is 0 Å². The molecule has 29 heavy (non-hydrogen) atoms. The maximum atomic E-state index is 12.2. The molecule has 0 aliphatic rings. The first-order valence-corrected chi connectivity index (χ1v) is 10.1. The van der Waals surface area contributed by atoms with Crippen LogP contribution in [-0.2, 0) is 6.54 Å².